The van der Waals surface area contributed by atoms with E-state index in [1.54, 1.807) is 0 Å². The summed E-state index contributed by atoms with van der Waals surface area (Å²) >= 11 is 1.09. The van der Waals surface area contributed by atoms with Gasteiger partial charge in [0.2, 0.25) is 0 Å². The molecule has 0 aliphatic carbocycles. The minimum Gasteiger partial charge on any atom is -0.326 e. The van der Waals surface area contributed by atoms with Gasteiger partial charge in [0.05, 0.1) is 15.9 Å². The van der Waals surface area contributed by atoms with Gasteiger partial charge in [-0.3, -0.25) is 9.59 Å². The first-order valence-electron chi connectivity index (χ1n) is 8.14. The number of aromatic amines is 2. The van der Waals surface area contributed by atoms with Crippen LogP contribution in [0.4, 0.5) is 10.1 Å². The molecule has 7 heteroatoms. The SMILES string of the molecule is O=c1[nH]c2cc(F)c(SNc3ccc(-c4ccccc4)cc3)cc2[nH]c1=O. The average molecular weight is 379 g/mol. The third-order valence-corrected chi connectivity index (χ3v) is 4.92. The Morgan fingerprint density at radius 3 is 2.04 bits per heavy atom. The molecule has 1 aromatic heterocycles. The minimum atomic E-state index is -0.807. The first-order valence-corrected chi connectivity index (χ1v) is 8.96. The highest BCUT2D eigenvalue weighted by atomic mass is 32.2. The van der Waals surface area contributed by atoms with Crippen LogP contribution in [0.2, 0.25) is 0 Å². The van der Waals surface area contributed by atoms with Gasteiger partial charge in [0.1, 0.15) is 5.82 Å². The van der Waals surface area contributed by atoms with Gasteiger partial charge in [0.15, 0.2) is 0 Å². The van der Waals surface area contributed by atoms with Crippen LogP contribution in [0.3, 0.4) is 0 Å². The molecule has 0 spiro atoms. The highest BCUT2D eigenvalue weighted by Gasteiger charge is 2.08. The molecule has 0 atom stereocenters. The molecule has 1 heterocycles. The molecule has 27 heavy (non-hydrogen) atoms. The first-order chi connectivity index (χ1) is 13.1. The Morgan fingerprint density at radius 2 is 1.37 bits per heavy atom. The number of H-pyrrole nitrogens is 2. The third-order valence-electron chi connectivity index (χ3n) is 4.05. The molecular formula is C20H14FN3O2S. The van der Waals surface area contributed by atoms with Crippen molar-refractivity contribution in [1.29, 1.82) is 0 Å². The zero-order valence-corrected chi connectivity index (χ0v) is 14.8. The van der Waals surface area contributed by atoms with Crippen molar-refractivity contribution in [2.75, 3.05) is 4.72 Å². The van der Waals surface area contributed by atoms with Crippen molar-refractivity contribution < 1.29 is 4.39 Å². The molecule has 0 fully saturated rings. The molecule has 3 aromatic carbocycles. The fourth-order valence-corrected chi connectivity index (χ4v) is 3.37. The Hall–Kier alpha value is -3.32. The van der Waals surface area contributed by atoms with Crippen LogP contribution < -0.4 is 15.8 Å². The van der Waals surface area contributed by atoms with Gasteiger partial charge >= 0.3 is 11.1 Å². The Morgan fingerprint density at radius 1 is 0.778 bits per heavy atom. The van der Waals surface area contributed by atoms with Crippen LogP contribution in [0.15, 0.2) is 81.2 Å². The molecule has 0 bridgehead atoms. The summed E-state index contributed by atoms with van der Waals surface area (Å²) in [5.41, 5.74) is 2.06. The number of benzene rings is 3. The summed E-state index contributed by atoms with van der Waals surface area (Å²) in [4.78, 5) is 27.9. The van der Waals surface area contributed by atoms with Crippen LogP contribution in [-0.2, 0) is 0 Å². The summed E-state index contributed by atoms with van der Waals surface area (Å²) < 4.78 is 17.3. The summed E-state index contributed by atoms with van der Waals surface area (Å²) in [5, 5.41) is 0. The van der Waals surface area contributed by atoms with Crippen LogP contribution >= 0.6 is 11.9 Å². The molecule has 0 saturated heterocycles. The van der Waals surface area contributed by atoms with Gasteiger partial charge in [-0.15, -0.1) is 0 Å². The summed E-state index contributed by atoms with van der Waals surface area (Å²) in [6.07, 6.45) is 0. The molecular weight excluding hydrogens is 365 g/mol. The summed E-state index contributed by atoms with van der Waals surface area (Å²) in [6.45, 7) is 0. The van der Waals surface area contributed by atoms with Crippen LogP contribution in [0.1, 0.15) is 0 Å². The highest BCUT2D eigenvalue weighted by molar-refractivity contribution is 8.00. The second-order valence-corrected chi connectivity index (χ2v) is 6.73. The van der Waals surface area contributed by atoms with Crippen LogP contribution in [0.5, 0.6) is 0 Å². The third kappa shape index (κ3) is 3.63. The second kappa shape index (κ2) is 7.13. The zero-order valence-electron chi connectivity index (χ0n) is 14.0. The van der Waals surface area contributed by atoms with E-state index in [0.29, 0.717) is 10.4 Å². The van der Waals surface area contributed by atoms with E-state index >= 15 is 0 Å². The smallest absolute Gasteiger partial charge is 0.314 e. The van der Waals surface area contributed by atoms with Crippen molar-refractivity contribution in [3.8, 4) is 11.1 Å². The predicted octanol–water partition coefficient (Wildman–Crippen LogP) is 4.14. The number of hydrogen-bond donors (Lipinski definition) is 3. The van der Waals surface area contributed by atoms with Crippen molar-refractivity contribution in [3.63, 3.8) is 0 Å². The van der Waals surface area contributed by atoms with Gasteiger partial charge in [-0.25, -0.2) is 4.39 Å². The largest absolute Gasteiger partial charge is 0.326 e. The lowest BCUT2D eigenvalue weighted by Crippen LogP contribution is -2.28. The number of halogens is 1. The van der Waals surface area contributed by atoms with Crippen LogP contribution in [0.25, 0.3) is 22.2 Å². The number of anilines is 1. The van der Waals surface area contributed by atoms with Crippen molar-refractivity contribution in [2.24, 2.45) is 0 Å². The number of hydrogen-bond acceptors (Lipinski definition) is 4. The zero-order chi connectivity index (χ0) is 18.8. The quantitative estimate of drug-likeness (QED) is 0.368. The van der Waals surface area contributed by atoms with E-state index in [1.165, 1.54) is 12.1 Å². The molecule has 0 aliphatic rings. The van der Waals surface area contributed by atoms with E-state index < -0.39 is 16.9 Å². The van der Waals surface area contributed by atoms with E-state index in [-0.39, 0.29) is 5.52 Å². The lowest BCUT2D eigenvalue weighted by Gasteiger charge is -2.09. The Balaban J connectivity index is 1.54. The summed E-state index contributed by atoms with van der Waals surface area (Å²) in [6, 6.07) is 20.5. The standard InChI is InChI=1S/C20H14FN3O2S/c21-15-10-16-17(23-20(26)19(25)22-16)11-18(15)27-24-14-8-6-13(7-9-14)12-4-2-1-3-5-12/h1-11,24H,(H,22,25)(H,23,26). The molecule has 4 rings (SSSR count). The van der Waals surface area contributed by atoms with E-state index in [0.717, 1.165) is 28.8 Å². The maximum absolute atomic E-state index is 14.3. The molecule has 4 aromatic rings. The van der Waals surface area contributed by atoms with Crippen LogP contribution in [0, 0.1) is 5.82 Å². The number of aromatic nitrogens is 2. The summed E-state index contributed by atoms with van der Waals surface area (Å²) in [7, 11) is 0. The maximum atomic E-state index is 14.3. The minimum absolute atomic E-state index is 0.244. The summed E-state index contributed by atoms with van der Waals surface area (Å²) in [5.74, 6) is -0.497. The Labute approximate surface area is 157 Å². The van der Waals surface area contributed by atoms with E-state index in [1.807, 2.05) is 54.6 Å². The topological polar surface area (TPSA) is 77.8 Å². The van der Waals surface area contributed by atoms with E-state index in [2.05, 4.69) is 14.7 Å². The van der Waals surface area contributed by atoms with Gasteiger partial charge in [-0.05, 0) is 41.3 Å². The predicted molar refractivity (Wildman–Crippen MR) is 107 cm³/mol. The second-order valence-electron chi connectivity index (χ2n) is 5.88. The van der Waals surface area contributed by atoms with Crippen molar-refractivity contribution in [1.82, 2.24) is 9.97 Å². The van der Waals surface area contributed by atoms with Crippen molar-refractivity contribution in [2.45, 2.75) is 4.90 Å². The van der Waals surface area contributed by atoms with E-state index in [4.69, 9.17) is 0 Å². The molecule has 0 amide bonds. The lowest BCUT2D eigenvalue weighted by atomic mass is 10.1. The van der Waals surface area contributed by atoms with Gasteiger partial charge in [0.25, 0.3) is 0 Å². The first kappa shape index (κ1) is 17.1. The molecule has 0 saturated carbocycles. The van der Waals surface area contributed by atoms with Gasteiger partial charge in [0, 0.05) is 11.8 Å². The van der Waals surface area contributed by atoms with Crippen molar-refractivity contribution in [3.05, 3.63) is 93.3 Å². The molecule has 3 N–H and O–H groups in total. The number of nitrogens with one attached hydrogen (secondary N) is 3. The Bertz CT molecular complexity index is 1220. The maximum Gasteiger partial charge on any atom is 0.314 e. The van der Waals surface area contributed by atoms with Crippen molar-refractivity contribution >= 4 is 28.7 Å². The fourth-order valence-electron chi connectivity index (χ4n) is 2.67. The van der Waals surface area contributed by atoms with Crippen LogP contribution in [-0.4, -0.2) is 9.97 Å². The van der Waals surface area contributed by atoms with Gasteiger partial charge in [-0.2, -0.15) is 0 Å². The van der Waals surface area contributed by atoms with Gasteiger partial charge < -0.3 is 14.7 Å². The number of rotatable bonds is 4. The Kier molecular flexibility index (Phi) is 4.52. The molecule has 5 nitrogen and oxygen atoms in total. The average Bonchev–Trinajstić information content (AvgIpc) is 2.69. The monoisotopic (exact) mass is 379 g/mol. The molecule has 0 aliphatic heterocycles. The lowest BCUT2D eigenvalue weighted by molar-refractivity contribution is 0.604. The number of fused-ring (bicyclic) bond motifs is 1. The molecule has 0 unspecified atom stereocenters. The highest BCUT2D eigenvalue weighted by Crippen LogP contribution is 2.28. The molecule has 0 radical (unpaired) electrons. The van der Waals surface area contributed by atoms with E-state index in [9.17, 15) is 14.0 Å². The van der Waals surface area contributed by atoms with Gasteiger partial charge in [-0.1, -0.05) is 42.5 Å². The molecule has 134 valence electrons. The fraction of sp³-hybridized carbons (Fsp3) is 0. The normalized spacial score (nSPS) is 10.9.